The molecule has 1 aliphatic carbocycles. The molecule has 1 aliphatic rings. The SMILES string of the molecule is Nc1cccc(OC2CCC2)c1N.O=CNc1ncc[nH]1. The van der Waals surface area contributed by atoms with Gasteiger partial charge in [0.2, 0.25) is 12.4 Å². The van der Waals surface area contributed by atoms with Gasteiger partial charge in [-0.1, -0.05) is 6.07 Å². The summed E-state index contributed by atoms with van der Waals surface area (Å²) in [5, 5.41) is 2.34. The fourth-order valence-corrected chi connectivity index (χ4v) is 1.73. The normalized spacial score (nSPS) is 13.5. The number of carbonyl (C=O) groups is 1. The second-order valence-electron chi connectivity index (χ2n) is 4.63. The molecule has 21 heavy (non-hydrogen) atoms. The van der Waals surface area contributed by atoms with Crippen LogP contribution in [0.25, 0.3) is 0 Å². The van der Waals surface area contributed by atoms with Crippen LogP contribution in [-0.4, -0.2) is 22.5 Å². The predicted octanol–water partition coefficient (Wildman–Crippen LogP) is 1.76. The first-order chi connectivity index (χ1) is 10.2. The Balaban J connectivity index is 0.000000173. The Hall–Kier alpha value is -2.70. The van der Waals surface area contributed by atoms with E-state index in [2.05, 4.69) is 15.3 Å². The average molecular weight is 289 g/mol. The summed E-state index contributed by atoms with van der Waals surface area (Å²) < 4.78 is 5.66. The van der Waals surface area contributed by atoms with Crippen LogP contribution in [0.1, 0.15) is 19.3 Å². The minimum absolute atomic E-state index is 0.351. The largest absolute Gasteiger partial charge is 0.488 e. The molecule has 0 saturated heterocycles. The highest BCUT2D eigenvalue weighted by Gasteiger charge is 2.20. The van der Waals surface area contributed by atoms with Gasteiger partial charge in [0, 0.05) is 12.4 Å². The van der Waals surface area contributed by atoms with Crippen molar-refractivity contribution in [2.75, 3.05) is 16.8 Å². The molecule has 0 spiro atoms. The van der Waals surface area contributed by atoms with Crippen LogP contribution >= 0.6 is 0 Å². The highest BCUT2D eigenvalue weighted by atomic mass is 16.5. The van der Waals surface area contributed by atoms with E-state index < -0.39 is 0 Å². The van der Waals surface area contributed by atoms with E-state index in [0.29, 0.717) is 29.8 Å². The van der Waals surface area contributed by atoms with Crippen molar-refractivity contribution < 1.29 is 9.53 Å². The summed E-state index contributed by atoms with van der Waals surface area (Å²) >= 11 is 0. The van der Waals surface area contributed by atoms with Crippen LogP contribution in [0.15, 0.2) is 30.6 Å². The second kappa shape index (κ2) is 7.18. The maximum absolute atomic E-state index is 9.70. The number of nitrogen functional groups attached to an aromatic ring is 2. The number of benzene rings is 1. The standard InChI is InChI=1S/C10H14N2O.C4H5N3O/c11-8-5-2-6-9(10(8)12)13-7-3-1-4-7;8-3-7-4-5-1-2-6-4/h2,5-7H,1,3-4,11-12H2;1-3H,(H2,5,6,7,8). The van der Waals surface area contributed by atoms with Gasteiger partial charge in [0.25, 0.3) is 0 Å². The number of carbonyl (C=O) groups excluding carboxylic acids is 1. The fourth-order valence-electron chi connectivity index (χ4n) is 1.73. The number of ether oxygens (including phenoxy) is 1. The van der Waals surface area contributed by atoms with E-state index in [1.807, 2.05) is 12.1 Å². The van der Waals surface area contributed by atoms with Crippen LogP contribution in [-0.2, 0) is 4.79 Å². The molecule has 0 bridgehead atoms. The minimum Gasteiger partial charge on any atom is -0.488 e. The number of para-hydroxylation sites is 1. The first kappa shape index (κ1) is 14.7. The van der Waals surface area contributed by atoms with E-state index in [0.717, 1.165) is 18.6 Å². The Morgan fingerprint density at radius 3 is 2.76 bits per heavy atom. The molecule has 0 radical (unpaired) electrons. The van der Waals surface area contributed by atoms with E-state index in [1.54, 1.807) is 18.5 Å². The summed E-state index contributed by atoms with van der Waals surface area (Å²) in [6.45, 7) is 0. The summed E-state index contributed by atoms with van der Waals surface area (Å²) in [6, 6.07) is 5.51. The Bertz CT molecular complexity index is 567. The summed E-state index contributed by atoms with van der Waals surface area (Å²) in [7, 11) is 0. The number of nitrogens with two attached hydrogens (primary N) is 2. The number of aromatic amines is 1. The lowest BCUT2D eigenvalue weighted by Crippen LogP contribution is -2.25. The number of hydrogen-bond donors (Lipinski definition) is 4. The molecule has 0 atom stereocenters. The maximum Gasteiger partial charge on any atom is 0.213 e. The van der Waals surface area contributed by atoms with Crippen molar-refractivity contribution in [3.05, 3.63) is 30.6 Å². The van der Waals surface area contributed by atoms with Crippen LogP contribution in [0.3, 0.4) is 0 Å². The first-order valence-electron chi connectivity index (χ1n) is 6.71. The molecule has 0 aliphatic heterocycles. The van der Waals surface area contributed by atoms with Crippen molar-refractivity contribution >= 4 is 23.7 Å². The zero-order valence-electron chi connectivity index (χ0n) is 11.6. The lowest BCUT2D eigenvalue weighted by Gasteiger charge is -2.27. The van der Waals surface area contributed by atoms with Crippen molar-refractivity contribution in [3.8, 4) is 5.75 Å². The molecular formula is C14H19N5O2. The van der Waals surface area contributed by atoms with Crippen molar-refractivity contribution in [2.45, 2.75) is 25.4 Å². The highest BCUT2D eigenvalue weighted by molar-refractivity contribution is 5.70. The van der Waals surface area contributed by atoms with Gasteiger partial charge in [-0.3, -0.25) is 10.1 Å². The Morgan fingerprint density at radius 2 is 2.19 bits per heavy atom. The van der Waals surface area contributed by atoms with Crippen molar-refractivity contribution in [1.82, 2.24) is 9.97 Å². The predicted molar refractivity (Wildman–Crippen MR) is 81.8 cm³/mol. The number of amides is 1. The minimum atomic E-state index is 0.351. The summed E-state index contributed by atoms with van der Waals surface area (Å²) in [4.78, 5) is 16.1. The van der Waals surface area contributed by atoms with Crippen LogP contribution in [0, 0.1) is 0 Å². The van der Waals surface area contributed by atoms with E-state index in [1.165, 1.54) is 6.42 Å². The van der Waals surface area contributed by atoms with Gasteiger partial charge < -0.3 is 21.2 Å². The van der Waals surface area contributed by atoms with Gasteiger partial charge in [0.15, 0.2) is 0 Å². The molecular weight excluding hydrogens is 270 g/mol. The number of rotatable bonds is 4. The molecule has 6 N–H and O–H groups in total. The quantitative estimate of drug-likeness (QED) is 0.505. The van der Waals surface area contributed by atoms with Gasteiger partial charge in [0.05, 0.1) is 17.5 Å². The number of anilines is 3. The molecule has 1 amide bonds. The molecule has 112 valence electrons. The Morgan fingerprint density at radius 1 is 1.38 bits per heavy atom. The van der Waals surface area contributed by atoms with E-state index >= 15 is 0 Å². The molecule has 1 aromatic heterocycles. The summed E-state index contributed by atoms with van der Waals surface area (Å²) in [6.07, 6.45) is 7.63. The maximum atomic E-state index is 9.70. The van der Waals surface area contributed by atoms with Crippen molar-refractivity contribution in [1.29, 1.82) is 0 Å². The van der Waals surface area contributed by atoms with Crippen LogP contribution in [0.5, 0.6) is 5.75 Å². The molecule has 7 heteroatoms. The third-order valence-corrected chi connectivity index (χ3v) is 3.14. The lowest BCUT2D eigenvalue weighted by molar-refractivity contribution is -0.105. The molecule has 7 nitrogen and oxygen atoms in total. The van der Waals surface area contributed by atoms with Gasteiger partial charge in [-0.2, -0.15) is 0 Å². The molecule has 1 heterocycles. The number of H-pyrrole nitrogens is 1. The van der Waals surface area contributed by atoms with E-state index in [4.69, 9.17) is 16.2 Å². The van der Waals surface area contributed by atoms with Crippen molar-refractivity contribution in [3.63, 3.8) is 0 Å². The fraction of sp³-hybridized carbons (Fsp3) is 0.286. The van der Waals surface area contributed by atoms with Gasteiger partial charge in [-0.25, -0.2) is 4.98 Å². The zero-order valence-corrected chi connectivity index (χ0v) is 11.6. The monoisotopic (exact) mass is 289 g/mol. The Kier molecular flexibility index (Phi) is 5.03. The third-order valence-electron chi connectivity index (χ3n) is 3.14. The Labute approximate surface area is 122 Å². The van der Waals surface area contributed by atoms with Crippen LogP contribution in [0.2, 0.25) is 0 Å². The van der Waals surface area contributed by atoms with E-state index in [-0.39, 0.29) is 0 Å². The van der Waals surface area contributed by atoms with Gasteiger partial charge in [0.1, 0.15) is 5.75 Å². The van der Waals surface area contributed by atoms with Crippen LogP contribution < -0.4 is 21.5 Å². The average Bonchev–Trinajstić information content (AvgIpc) is 2.93. The molecule has 1 saturated carbocycles. The lowest BCUT2D eigenvalue weighted by atomic mass is 9.96. The third kappa shape index (κ3) is 4.13. The molecule has 2 aromatic rings. The van der Waals surface area contributed by atoms with Gasteiger partial charge in [-0.05, 0) is 31.4 Å². The number of hydrogen-bond acceptors (Lipinski definition) is 5. The molecule has 1 fully saturated rings. The summed E-state index contributed by atoms with van der Waals surface area (Å²) in [5.41, 5.74) is 12.6. The van der Waals surface area contributed by atoms with Gasteiger partial charge in [-0.15, -0.1) is 0 Å². The molecule has 3 rings (SSSR count). The smallest absolute Gasteiger partial charge is 0.213 e. The molecule has 1 aromatic carbocycles. The zero-order chi connectivity index (χ0) is 15.1. The van der Waals surface area contributed by atoms with Gasteiger partial charge >= 0.3 is 0 Å². The number of aromatic nitrogens is 2. The second-order valence-corrected chi connectivity index (χ2v) is 4.63. The topological polar surface area (TPSA) is 119 Å². The first-order valence-corrected chi connectivity index (χ1v) is 6.71. The number of nitrogens with zero attached hydrogens (tertiary/aromatic N) is 1. The number of nitrogens with one attached hydrogen (secondary N) is 2. The highest BCUT2D eigenvalue weighted by Crippen LogP contribution is 2.31. The summed E-state index contributed by atoms with van der Waals surface area (Å²) in [5.74, 6) is 1.20. The van der Waals surface area contributed by atoms with E-state index in [9.17, 15) is 4.79 Å². The van der Waals surface area contributed by atoms with Crippen LogP contribution in [0.4, 0.5) is 17.3 Å². The molecule has 0 unspecified atom stereocenters. The number of imidazole rings is 1. The van der Waals surface area contributed by atoms with Crippen molar-refractivity contribution in [2.24, 2.45) is 0 Å².